The number of nitrogens with one attached hydrogen (secondary N) is 2. The van der Waals surface area contributed by atoms with E-state index in [1.807, 2.05) is 0 Å². The van der Waals surface area contributed by atoms with Gasteiger partial charge in [0.1, 0.15) is 5.82 Å². The molecule has 4 nitrogen and oxygen atoms in total. The molecule has 1 aromatic carbocycles. The molecule has 0 bridgehead atoms. The Hall–Kier alpha value is -2.52. The number of hydrogen-bond donors (Lipinski definition) is 2. The first-order valence-corrected chi connectivity index (χ1v) is 6.18. The van der Waals surface area contributed by atoms with Gasteiger partial charge in [-0.3, -0.25) is 0 Å². The maximum Gasteiger partial charge on any atom is 0.433 e. The predicted octanol–water partition coefficient (Wildman–Crippen LogP) is 4.30. The van der Waals surface area contributed by atoms with E-state index in [1.165, 1.54) is 19.2 Å². The highest BCUT2D eigenvalue weighted by molar-refractivity contribution is 5.62. The first kappa shape index (κ1) is 16.8. The SMILES string of the molecule is CNc1nc(Nc2ccccc2C(F)(F)F)cc(C(F)(F)F)n1. The summed E-state index contributed by atoms with van der Waals surface area (Å²) in [7, 11) is 1.29. The summed E-state index contributed by atoms with van der Waals surface area (Å²) in [6, 6.07) is 4.94. The van der Waals surface area contributed by atoms with Crippen molar-refractivity contribution in [3.63, 3.8) is 0 Å². The number of aromatic nitrogens is 2. The van der Waals surface area contributed by atoms with Gasteiger partial charge in [0.05, 0.1) is 11.3 Å². The fourth-order valence-electron chi connectivity index (χ4n) is 1.75. The largest absolute Gasteiger partial charge is 0.433 e. The van der Waals surface area contributed by atoms with Gasteiger partial charge in [-0.05, 0) is 12.1 Å². The van der Waals surface area contributed by atoms with Gasteiger partial charge in [0.2, 0.25) is 5.95 Å². The summed E-state index contributed by atoms with van der Waals surface area (Å²) in [5.74, 6) is -0.778. The molecule has 0 saturated heterocycles. The molecule has 0 fully saturated rings. The molecular formula is C13H10F6N4. The van der Waals surface area contributed by atoms with Gasteiger partial charge in [0.25, 0.3) is 0 Å². The zero-order valence-electron chi connectivity index (χ0n) is 11.5. The van der Waals surface area contributed by atoms with E-state index >= 15 is 0 Å². The highest BCUT2D eigenvalue weighted by Gasteiger charge is 2.35. The smallest absolute Gasteiger partial charge is 0.357 e. The second-order valence-electron chi connectivity index (χ2n) is 4.38. The van der Waals surface area contributed by atoms with E-state index < -0.39 is 35.1 Å². The van der Waals surface area contributed by atoms with Crippen LogP contribution in [0, 0.1) is 0 Å². The molecule has 2 aromatic rings. The summed E-state index contributed by atoms with van der Waals surface area (Å²) in [6.07, 6.45) is -9.41. The molecule has 0 unspecified atom stereocenters. The summed E-state index contributed by atoms with van der Waals surface area (Å²) < 4.78 is 77.0. The Bertz CT molecular complexity index is 696. The van der Waals surface area contributed by atoms with E-state index in [0.717, 1.165) is 12.1 Å². The van der Waals surface area contributed by atoms with Gasteiger partial charge in [0, 0.05) is 13.1 Å². The molecule has 2 rings (SSSR count). The number of halogens is 6. The number of rotatable bonds is 3. The summed E-state index contributed by atoms with van der Waals surface area (Å²) >= 11 is 0. The normalized spacial score (nSPS) is 12.1. The van der Waals surface area contributed by atoms with Crippen LogP contribution >= 0.6 is 0 Å². The Morgan fingerprint density at radius 1 is 0.913 bits per heavy atom. The Morgan fingerprint density at radius 2 is 1.57 bits per heavy atom. The third-order valence-corrected chi connectivity index (χ3v) is 2.74. The molecule has 0 aliphatic carbocycles. The van der Waals surface area contributed by atoms with Crippen LogP contribution < -0.4 is 10.6 Å². The Morgan fingerprint density at radius 3 is 2.13 bits per heavy atom. The third kappa shape index (κ3) is 4.02. The molecule has 0 amide bonds. The van der Waals surface area contributed by atoms with E-state index in [4.69, 9.17) is 0 Å². The van der Waals surface area contributed by atoms with Crippen LogP contribution in [0.15, 0.2) is 30.3 Å². The molecule has 0 atom stereocenters. The molecule has 1 heterocycles. The molecule has 2 N–H and O–H groups in total. The number of para-hydroxylation sites is 1. The van der Waals surface area contributed by atoms with Crippen LogP contribution in [0.1, 0.15) is 11.3 Å². The quantitative estimate of drug-likeness (QED) is 0.821. The fraction of sp³-hybridized carbons (Fsp3) is 0.231. The lowest BCUT2D eigenvalue weighted by Crippen LogP contribution is -2.13. The zero-order valence-corrected chi connectivity index (χ0v) is 11.5. The maximum atomic E-state index is 12.9. The maximum absolute atomic E-state index is 12.9. The van der Waals surface area contributed by atoms with Crippen molar-refractivity contribution in [1.82, 2.24) is 9.97 Å². The second kappa shape index (κ2) is 5.94. The Labute approximate surface area is 126 Å². The molecule has 1 aromatic heterocycles. The zero-order chi connectivity index (χ0) is 17.3. The summed E-state index contributed by atoms with van der Waals surface area (Å²) in [6.45, 7) is 0. The van der Waals surface area contributed by atoms with Gasteiger partial charge < -0.3 is 10.6 Å². The molecule has 124 valence electrons. The van der Waals surface area contributed by atoms with E-state index in [1.54, 1.807) is 0 Å². The first-order valence-electron chi connectivity index (χ1n) is 6.18. The number of benzene rings is 1. The van der Waals surface area contributed by atoms with Crippen LogP contribution in [0.2, 0.25) is 0 Å². The average Bonchev–Trinajstić information content (AvgIpc) is 2.45. The van der Waals surface area contributed by atoms with E-state index in [-0.39, 0.29) is 5.95 Å². The first-order chi connectivity index (χ1) is 10.6. The molecule has 0 radical (unpaired) electrons. The second-order valence-corrected chi connectivity index (χ2v) is 4.38. The van der Waals surface area contributed by atoms with Crippen molar-refractivity contribution in [3.05, 3.63) is 41.6 Å². The molecule has 0 aliphatic rings. The van der Waals surface area contributed by atoms with Crippen molar-refractivity contribution >= 4 is 17.5 Å². The summed E-state index contributed by atoms with van der Waals surface area (Å²) in [5.41, 5.74) is -2.70. The van der Waals surface area contributed by atoms with Crippen molar-refractivity contribution in [2.75, 3.05) is 17.7 Å². The van der Waals surface area contributed by atoms with E-state index in [9.17, 15) is 26.3 Å². The topological polar surface area (TPSA) is 49.8 Å². The minimum atomic E-state index is -4.76. The van der Waals surface area contributed by atoms with Gasteiger partial charge in [-0.2, -0.15) is 31.3 Å². The van der Waals surface area contributed by atoms with Gasteiger partial charge in [-0.25, -0.2) is 4.98 Å². The van der Waals surface area contributed by atoms with Gasteiger partial charge in [0.15, 0.2) is 5.69 Å². The number of nitrogens with zero attached hydrogens (tertiary/aromatic N) is 2. The lowest BCUT2D eigenvalue weighted by atomic mass is 10.1. The Balaban J connectivity index is 2.45. The minimum absolute atomic E-state index is 0.369. The number of hydrogen-bond acceptors (Lipinski definition) is 4. The highest BCUT2D eigenvalue weighted by atomic mass is 19.4. The van der Waals surface area contributed by atoms with Crippen molar-refractivity contribution in [2.45, 2.75) is 12.4 Å². The van der Waals surface area contributed by atoms with Crippen LogP contribution in [0.25, 0.3) is 0 Å². The minimum Gasteiger partial charge on any atom is -0.357 e. The standard InChI is InChI=1S/C13H10F6N4/c1-20-11-22-9(13(17,18)19)6-10(23-11)21-8-5-3-2-4-7(8)12(14,15)16/h2-6H,1H3,(H2,20,21,22,23). The van der Waals surface area contributed by atoms with Crippen LogP contribution in [-0.2, 0) is 12.4 Å². The number of anilines is 3. The average molecular weight is 336 g/mol. The van der Waals surface area contributed by atoms with Gasteiger partial charge in [-0.15, -0.1) is 0 Å². The van der Waals surface area contributed by atoms with Crippen molar-refractivity contribution in [1.29, 1.82) is 0 Å². The van der Waals surface area contributed by atoms with Crippen molar-refractivity contribution in [3.8, 4) is 0 Å². The van der Waals surface area contributed by atoms with Crippen LogP contribution in [0.3, 0.4) is 0 Å². The van der Waals surface area contributed by atoms with Crippen LogP contribution in [0.4, 0.5) is 43.8 Å². The molecule has 10 heteroatoms. The van der Waals surface area contributed by atoms with Crippen LogP contribution in [0.5, 0.6) is 0 Å². The summed E-state index contributed by atoms with van der Waals surface area (Å²) in [4.78, 5) is 6.91. The van der Waals surface area contributed by atoms with Gasteiger partial charge in [-0.1, -0.05) is 12.1 Å². The lowest BCUT2D eigenvalue weighted by Gasteiger charge is -2.15. The van der Waals surface area contributed by atoms with E-state index in [0.29, 0.717) is 6.07 Å². The molecule has 0 aliphatic heterocycles. The van der Waals surface area contributed by atoms with Crippen molar-refractivity contribution in [2.24, 2.45) is 0 Å². The predicted molar refractivity (Wildman–Crippen MR) is 71.3 cm³/mol. The fourth-order valence-corrected chi connectivity index (χ4v) is 1.75. The lowest BCUT2D eigenvalue weighted by molar-refractivity contribution is -0.141. The van der Waals surface area contributed by atoms with Crippen LogP contribution in [-0.4, -0.2) is 17.0 Å². The van der Waals surface area contributed by atoms with Crippen molar-refractivity contribution < 1.29 is 26.3 Å². The number of alkyl halides is 6. The third-order valence-electron chi connectivity index (χ3n) is 2.74. The van der Waals surface area contributed by atoms with E-state index in [2.05, 4.69) is 20.6 Å². The molecule has 0 spiro atoms. The molecule has 23 heavy (non-hydrogen) atoms. The Kier molecular flexibility index (Phi) is 4.35. The highest BCUT2D eigenvalue weighted by Crippen LogP contribution is 2.36. The monoisotopic (exact) mass is 336 g/mol. The molecule has 0 saturated carbocycles. The molecular weight excluding hydrogens is 326 g/mol. The summed E-state index contributed by atoms with van der Waals surface area (Å²) in [5, 5.41) is 4.58. The van der Waals surface area contributed by atoms with Gasteiger partial charge >= 0.3 is 12.4 Å².